The molecule has 27 heavy (non-hydrogen) atoms. The molecule has 1 atom stereocenters. The zero-order valence-corrected chi connectivity index (χ0v) is 15.7. The van der Waals surface area contributed by atoms with Crippen molar-refractivity contribution in [3.05, 3.63) is 53.9 Å². The third-order valence-electron chi connectivity index (χ3n) is 4.49. The lowest BCUT2D eigenvalue weighted by atomic mass is 10.1. The number of amides is 1. The van der Waals surface area contributed by atoms with Crippen molar-refractivity contribution in [3.63, 3.8) is 0 Å². The first kappa shape index (κ1) is 19.1. The lowest BCUT2D eigenvalue weighted by Gasteiger charge is -2.32. The third-order valence-corrected chi connectivity index (χ3v) is 4.49. The summed E-state index contributed by atoms with van der Waals surface area (Å²) < 4.78 is 16.5. The Morgan fingerprint density at radius 1 is 1.26 bits per heavy atom. The summed E-state index contributed by atoms with van der Waals surface area (Å²) in [6.07, 6.45) is 1.61. The van der Waals surface area contributed by atoms with Crippen LogP contribution in [-0.2, 0) is 16.1 Å². The summed E-state index contributed by atoms with van der Waals surface area (Å²) >= 11 is 0. The standard InChI is InChI=1S/C20H25N3O4/c1-25-17-7-6-15(11-18(17)26-2)19-13-23(9-10-27-19)14-20(24)22-12-16-5-3-4-8-21-16/h3-8,11,19H,9-10,12-14H2,1-2H3,(H,22,24). The molecule has 1 aromatic carbocycles. The molecule has 1 N–H and O–H groups in total. The van der Waals surface area contributed by atoms with Crippen LogP contribution in [0.2, 0.25) is 0 Å². The molecule has 1 fully saturated rings. The smallest absolute Gasteiger partial charge is 0.234 e. The maximum Gasteiger partial charge on any atom is 0.234 e. The number of nitrogens with zero attached hydrogens (tertiary/aromatic N) is 2. The molecule has 7 heteroatoms. The maximum atomic E-state index is 12.3. The summed E-state index contributed by atoms with van der Waals surface area (Å²) in [4.78, 5) is 18.6. The lowest BCUT2D eigenvalue weighted by molar-refractivity contribution is -0.124. The summed E-state index contributed by atoms with van der Waals surface area (Å²) in [6.45, 7) is 2.71. The summed E-state index contributed by atoms with van der Waals surface area (Å²) in [5.41, 5.74) is 1.85. The second kappa shape index (κ2) is 9.34. The summed E-state index contributed by atoms with van der Waals surface area (Å²) in [5, 5.41) is 2.91. The van der Waals surface area contributed by atoms with Crippen molar-refractivity contribution in [1.29, 1.82) is 0 Å². The average Bonchev–Trinajstić information content (AvgIpc) is 2.72. The highest BCUT2D eigenvalue weighted by Gasteiger charge is 2.24. The van der Waals surface area contributed by atoms with E-state index in [0.29, 0.717) is 37.7 Å². The Balaban J connectivity index is 1.55. The fourth-order valence-electron chi connectivity index (χ4n) is 3.05. The van der Waals surface area contributed by atoms with Crippen molar-refractivity contribution in [2.24, 2.45) is 0 Å². The average molecular weight is 371 g/mol. The van der Waals surface area contributed by atoms with Crippen molar-refractivity contribution in [3.8, 4) is 11.5 Å². The number of pyridine rings is 1. The zero-order chi connectivity index (χ0) is 19.1. The Bertz CT molecular complexity index is 754. The van der Waals surface area contributed by atoms with E-state index in [4.69, 9.17) is 14.2 Å². The fourth-order valence-corrected chi connectivity index (χ4v) is 3.05. The molecule has 0 aliphatic carbocycles. The number of ether oxygens (including phenoxy) is 3. The van der Waals surface area contributed by atoms with Crippen LogP contribution in [0.1, 0.15) is 17.4 Å². The van der Waals surface area contributed by atoms with Gasteiger partial charge in [-0.25, -0.2) is 0 Å². The second-order valence-electron chi connectivity index (χ2n) is 6.31. The van der Waals surface area contributed by atoms with Crippen molar-refractivity contribution in [2.45, 2.75) is 12.6 Å². The van der Waals surface area contributed by atoms with E-state index in [-0.39, 0.29) is 12.0 Å². The summed E-state index contributed by atoms with van der Waals surface area (Å²) in [6, 6.07) is 11.4. The van der Waals surface area contributed by atoms with E-state index in [0.717, 1.165) is 17.8 Å². The third kappa shape index (κ3) is 5.18. The van der Waals surface area contributed by atoms with Crippen LogP contribution in [0.15, 0.2) is 42.6 Å². The number of rotatable bonds is 7. The molecule has 144 valence electrons. The molecule has 0 radical (unpaired) electrons. The molecule has 1 unspecified atom stereocenters. The monoisotopic (exact) mass is 371 g/mol. The van der Waals surface area contributed by atoms with Gasteiger partial charge in [-0.1, -0.05) is 12.1 Å². The van der Waals surface area contributed by atoms with Gasteiger partial charge in [-0.05, 0) is 29.8 Å². The Morgan fingerprint density at radius 3 is 2.85 bits per heavy atom. The molecule has 0 spiro atoms. The Morgan fingerprint density at radius 2 is 2.11 bits per heavy atom. The Hall–Kier alpha value is -2.64. The van der Waals surface area contributed by atoms with Gasteiger partial charge < -0.3 is 19.5 Å². The highest BCUT2D eigenvalue weighted by Crippen LogP contribution is 2.32. The first-order valence-corrected chi connectivity index (χ1v) is 8.92. The van der Waals surface area contributed by atoms with Gasteiger partial charge in [0.1, 0.15) is 0 Å². The molecule has 7 nitrogen and oxygen atoms in total. The number of carbonyl (C=O) groups is 1. The number of methoxy groups -OCH3 is 2. The second-order valence-corrected chi connectivity index (χ2v) is 6.31. The van der Waals surface area contributed by atoms with Gasteiger partial charge in [-0.15, -0.1) is 0 Å². The van der Waals surface area contributed by atoms with Gasteiger partial charge in [-0.3, -0.25) is 14.7 Å². The molecule has 1 aromatic heterocycles. The first-order chi connectivity index (χ1) is 13.2. The van der Waals surface area contributed by atoms with E-state index in [1.165, 1.54) is 0 Å². The van der Waals surface area contributed by atoms with Gasteiger partial charge in [0.2, 0.25) is 5.91 Å². The Labute approximate surface area is 159 Å². The number of hydrogen-bond acceptors (Lipinski definition) is 6. The van der Waals surface area contributed by atoms with E-state index < -0.39 is 0 Å². The largest absolute Gasteiger partial charge is 0.493 e. The van der Waals surface area contributed by atoms with Crippen LogP contribution in [0.25, 0.3) is 0 Å². The number of hydrogen-bond donors (Lipinski definition) is 1. The first-order valence-electron chi connectivity index (χ1n) is 8.92. The van der Waals surface area contributed by atoms with Crippen LogP contribution < -0.4 is 14.8 Å². The maximum absolute atomic E-state index is 12.3. The van der Waals surface area contributed by atoms with Gasteiger partial charge in [0.25, 0.3) is 0 Å². The highest BCUT2D eigenvalue weighted by molar-refractivity contribution is 5.78. The van der Waals surface area contributed by atoms with Crippen LogP contribution in [-0.4, -0.2) is 56.3 Å². The predicted octanol–water partition coefficient (Wildman–Crippen LogP) is 1.79. The minimum absolute atomic E-state index is 0.0198. The molecule has 1 aliphatic heterocycles. The zero-order valence-electron chi connectivity index (χ0n) is 15.7. The number of aromatic nitrogens is 1. The molecule has 1 saturated heterocycles. The highest BCUT2D eigenvalue weighted by atomic mass is 16.5. The van der Waals surface area contributed by atoms with Gasteiger partial charge >= 0.3 is 0 Å². The van der Waals surface area contributed by atoms with Crippen molar-refractivity contribution < 1.29 is 19.0 Å². The van der Waals surface area contributed by atoms with Crippen LogP contribution >= 0.6 is 0 Å². The van der Waals surface area contributed by atoms with Gasteiger partial charge in [-0.2, -0.15) is 0 Å². The van der Waals surface area contributed by atoms with Crippen molar-refractivity contribution in [2.75, 3.05) is 40.5 Å². The molecule has 2 aromatic rings. The van der Waals surface area contributed by atoms with E-state index in [2.05, 4.69) is 15.2 Å². The molecule has 0 saturated carbocycles. The molecule has 1 amide bonds. The minimum Gasteiger partial charge on any atom is -0.493 e. The molecule has 1 aliphatic rings. The molecule has 0 bridgehead atoms. The summed E-state index contributed by atoms with van der Waals surface area (Å²) in [7, 11) is 3.22. The van der Waals surface area contributed by atoms with E-state index in [1.54, 1.807) is 20.4 Å². The fraction of sp³-hybridized carbons (Fsp3) is 0.400. The topological polar surface area (TPSA) is 72.9 Å². The number of benzene rings is 1. The van der Waals surface area contributed by atoms with E-state index >= 15 is 0 Å². The molecular weight excluding hydrogens is 346 g/mol. The Kier molecular flexibility index (Phi) is 6.62. The van der Waals surface area contributed by atoms with Gasteiger partial charge in [0, 0.05) is 19.3 Å². The molecular formula is C20H25N3O4. The number of morpholine rings is 1. The summed E-state index contributed by atoms with van der Waals surface area (Å²) in [5.74, 6) is 1.33. The van der Waals surface area contributed by atoms with Gasteiger partial charge in [0.05, 0.1) is 45.7 Å². The van der Waals surface area contributed by atoms with Crippen LogP contribution in [0.4, 0.5) is 0 Å². The van der Waals surface area contributed by atoms with Crippen LogP contribution in [0, 0.1) is 0 Å². The minimum atomic E-state index is -0.109. The number of nitrogens with one attached hydrogen (secondary N) is 1. The molecule has 2 heterocycles. The lowest BCUT2D eigenvalue weighted by Crippen LogP contribution is -2.44. The van der Waals surface area contributed by atoms with Crippen molar-refractivity contribution in [1.82, 2.24) is 15.2 Å². The van der Waals surface area contributed by atoms with Crippen LogP contribution in [0.5, 0.6) is 11.5 Å². The quantitative estimate of drug-likeness (QED) is 0.800. The predicted molar refractivity (Wildman–Crippen MR) is 101 cm³/mol. The normalized spacial score (nSPS) is 17.3. The van der Waals surface area contributed by atoms with E-state index in [9.17, 15) is 4.79 Å². The van der Waals surface area contributed by atoms with Gasteiger partial charge in [0.15, 0.2) is 11.5 Å². The van der Waals surface area contributed by atoms with Crippen molar-refractivity contribution >= 4 is 5.91 Å². The van der Waals surface area contributed by atoms with Crippen LogP contribution in [0.3, 0.4) is 0 Å². The SMILES string of the molecule is COc1ccc(C2CN(CC(=O)NCc3ccccn3)CCO2)cc1OC. The molecule has 3 rings (SSSR count). The van der Waals surface area contributed by atoms with E-state index in [1.807, 2.05) is 36.4 Å². The number of carbonyl (C=O) groups excluding carboxylic acids is 1.